The van der Waals surface area contributed by atoms with E-state index in [0.717, 1.165) is 12.1 Å². The molecule has 0 bridgehead atoms. The highest BCUT2D eigenvalue weighted by Crippen LogP contribution is 2.34. The molecule has 0 aliphatic rings. The Balaban J connectivity index is 3.70. The van der Waals surface area contributed by atoms with Gasteiger partial charge in [0.2, 0.25) is 0 Å². The zero-order valence-corrected chi connectivity index (χ0v) is 12.7. The average molecular weight is 304 g/mol. The highest BCUT2D eigenvalue weighted by atomic mass is 32.2. The van der Waals surface area contributed by atoms with E-state index < -0.39 is 27.9 Å². The number of benzene rings is 1. The second-order valence-corrected chi connectivity index (χ2v) is 7.52. The summed E-state index contributed by atoms with van der Waals surface area (Å²) in [4.78, 5) is 11.2. The molecule has 1 rings (SSSR count). The van der Waals surface area contributed by atoms with E-state index in [9.17, 15) is 17.8 Å². The third kappa shape index (κ3) is 3.23. The van der Waals surface area contributed by atoms with Crippen molar-refractivity contribution >= 4 is 16.8 Å². The minimum Gasteiger partial charge on any atom is -0.478 e. The van der Waals surface area contributed by atoms with Crippen LogP contribution >= 0.6 is 0 Å². The molecule has 6 heteroatoms. The normalized spacial score (nSPS) is 13.6. The van der Waals surface area contributed by atoms with Crippen molar-refractivity contribution in [1.82, 2.24) is 0 Å². The highest BCUT2D eigenvalue weighted by Gasteiger charge is 2.30. The van der Waals surface area contributed by atoms with Crippen LogP contribution < -0.4 is 0 Å². The first kappa shape index (κ1) is 16.8. The zero-order chi connectivity index (χ0) is 15.7. The number of carbonyl (C=O) groups is 1. The van der Waals surface area contributed by atoms with Gasteiger partial charge in [-0.15, -0.1) is 0 Å². The van der Waals surface area contributed by atoms with Crippen LogP contribution in [0.1, 0.15) is 55.6 Å². The van der Waals surface area contributed by atoms with Crippen LogP contribution in [0.5, 0.6) is 0 Å². The van der Waals surface area contributed by atoms with Crippen molar-refractivity contribution in [2.24, 2.45) is 0 Å². The van der Waals surface area contributed by atoms with E-state index in [1.54, 1.807) is 27.7 Å². The number of hydrogen-bond donors (Lipinski definition) is 1. The fraction of sp³-hybridized carbons (Fsp3) is 0.500. The van der Waals surface area contributed by atoms with Crippen LogP contribution in [0, 0.1) is 0 Å². The molecule has 1 aromatic rings. The van der Waals surface area contributed by atoms with E-state index in [4.69, 9.17) is 5.11 Å². The van der Waals surface area contributed by atoms with Crippen molar-refractivity contribution in [2.75, 3.05) is 0 Å². The van der Waals surface area contributed by atoms with Crippen molar-refractivity contribution in [3.05, 3.63) is 28.8 Å². The molecule has 1 atom stereocenters. The van der Waals surface area contributed by atoms with Crippen molar-refractivity contribution in [2.45, 2.75) is 50.2 Å². The predicted molar refractivity (Wildman–Crippen MR) is 73.9 cm³/mol. The van der Waals surface area contributed by atoms with Gasteiger partial charge in [-0.05, 0) is 38.8 Å². The Morgan fingerprint density at radius 1 is 1.35 bits per heavy atom. The smallest absolute Gasteiger partial charge is 0.336 e. The number of halogens is 2. The number of carboxylic acids is 1. The summed E-state index contributed by atoms with van der Waals surface area (Å²) in [6.45, 7) is 6.68. The first-order chi connectivity index (χ1) is 9.11. The molecule has 0 amide bonds. The highest BCUT2D eigenvalue weighted by molar-refractivity contribution is 7.86. The lowest BCUT2D eigenvalue weighted by molar-refractivity contribution is 0.0694. The molecular formula is C14H18F2O3S. The SMILES string of the molecule is CCc1c(C(=O)O)ccc(C(F)F)c1[S@@](=O)C(C)(C)C. The summed E-state index contributed by atoms with van der Waals surface area (Å²) in [5.74, 6) is -1.20. The molecule has 0 aromatic heterocycles. The number of alkyl halides is 2. The standard InChI is InChI=1S/C14H18F2O3S/c1-5-8-9(13(17)18)6-7-10(12(15)16)11(8)20(19)14(2,3)4/h6-7,12H,5H2,1-4H3,(H,17,18)/t20-/m1/s1. The Kier molecular flexibility index (Phi) is 5.02. The van der Waals surface area contributed by atoms with E-state index in [0.29, 0.717) is 0 Å². The van der Waals surface area contributed by atoms with Gasteiger partial charge in [0.05, 0.1) is 21.3 Å². The van der Waals surface area contributed by atoms with Gasteiger partial charge < -0.3 is 5.11 Å². The molecule has 0 saturated heterocycles. The second-order valence-electron chi connectivity index (χ2n) is 5.35. The van der Waals surface area contributed by atoms with Crippen molar-refractivity contribution in [3.8, 4) is 0 Å². The molecule has 0 radical (unpaired) electrons. The predicted octanol–water partition coefficient (Wildman–Crippen LogP) is 3.79. The fourth-order valence-corrected chi connectivity index (χ4v) is 3.36. The summed E-state index contributed by atoms with van der Waals surface area (Å²) in [7, 11) is -1.71. The van der Waals surface area contributed by atoms with Crippen LogP contribution in [0.15, 0.2) is 17.0 Å². The number of carboxylic acid groups (broad SMARTS) is 1. The van der Waals surface area contributed by atoms with Crippen LogP contribution in [-0.4, -0.2) is 20.0 Å². The molecule has 0 aliphatic heterocycles. The zero-order valence-electron chi connectivity index (χ0n) is 11.9. The quantitative estimate of drug-likeness (QED) is 0.920. The fourth-order valence-electron chi connectivity index (χ4n) is 1.89. The molecule has 0 saturated carbocycles. The molecule has 0 spiro atoms. The topological polar surface area (TPSA) is 54.4 Å². The maximum atomic E-state index is 13.1. The lowest BCUT2D eigenvalue weighted by Crippen LogP contribution is -2.25. The number of hydrogen-bond acceptors (Lipinski definition) is 2. The van der Waals surface area contributed by atoms with Crippen LogP contribution in [0.2, 0.25) is 0 Å². The van der Waals surface area contributed by atoms with Gasteiger partial charge in [-0.2, -0.15) is 0 Å². The number of aromatic carboxylic acids is 1. The molecule has 0 unspecified atom stereocenters. The van der Waals surface area contributed by atoms with Gasteiger partial charge >= 0.3 is 5.97 Å². The van der Waals surface area contributed by atoms with Gasteiger partial charge in [-0.25, -0.2) is 13.6 Å². The molecular weight excluding hydrogens is 286 g/mol. The van der Waals surface area contributed by atoms with Gasteiger partial charge in [0.1, 0.15) is 0 Å². The molecule has 1 N–H and O–H groups in total. The van der Waals surface area contributed by atoms with Gasteiger partial charge in [0.25, 0.3) is 6.43 Å². The molecule has 0 fully saturated rings. The molecule has 3 nitrogen and oxygen atoms in total. The monoisotopic (exact) mass is 304 g/mol. The first-order valence-electron chi connectivity index (χ1n) is 6.20. The van der Waals surface area contributed by atoms with Crippen LogP contribution in [0.25, 0.3) is 0 Å². The van der Waals surface area contributed by atoms with Gasteiger partial charge in [-0.3, -0.25) is 4.21 Å². The Morgan fingerprint density at radius 3 is 2.25 bits per heavy atom. The maximum Gasteiger partial charge on any atom is 0.336 e. The average Bonchev–Trinajstić information content (AvgIpc) is 2.34. The van der Waals surface area contributed by atoms with E-state index in [-0.39, 0.29) is 28.0 Å². The second kappa shape index (κ2) is 5.99. The largest absolute Gasteiger partial charge is 0.478 e. The van der Waals surface area contributed by atoms with E-state index in [1.807, 2.05) is 0 Å². The Labute approximate surface area is 119 Å². The van der Waals surface area contributed by atoms with Gasteiger partial charge in [0.15, 0.2) is 0 Å². The number of rotatable bonds is 4. The lowest BCUT2D eigenvalue weighted by Gasteiger charge is -2.23. The summed E-state index contributed by atoms with van der Waals surface area (Å²) >= 11 is 0. The molecule has 0 aliphatic carbocycles. The maximum absolute atomic E-state index is 13.1. The minimum atomic E-state index is -2.79. The Morgan fingerprint density at radius 2 is 1.90 bits per heavy atom. The first-order valence-corrected chi connectivity index (χ1v) is 7.35. The van der Waals surface area contributed by atoms with E-state index in [1.165, 1.54) is 0 Å². The molecule has 112 valence electrons. The Bertz CT molecular complexity index is 548. The van der Waals surface area contributed by atoms with Gasteiger partial charge in [-0.1, -0.05) is 13.0 Å². The molecule has 1 aromatic carbocycles. The third-order valence-corrected chi connectivity index (χ3v) is 4.82. The summed E-state index contributed by atoms with van der Waals surface area (Å²) in [5.41, 5.74) is -0.187. The van der Waals surface area contributed by atoms with E-state index >= 15 is 0 Å². The third-order valence-electron chi connectivity index (χ3n) is 2.85. The van der Waals surface area contributed by atoms with Crippen molar-refractivity contribution < 1.29 is 22.9 Å². The van der Waals surface area contributed by atoms with Crippen molar-refractivity contribution in [1.29, 1.82) is 0 Å². The Hall–Kier alpha value is -1.30. The molecule has 20 heavy (non-hydrogen) atoms. The summed E-state index contributed by atoms with van der Waals surface area (Å²) in [6.07, 6.45) is -2.55. The van der Waals surface area contributed by atoms with Crippen molar-refractivity contribution in [3.63, 3.8) is 0 Å². The van der Waals surface area contributed by atoms with E-state index in [2.05, 4.69) is 0 Å². The van der Waals surface area contributed by atoms with Gasteiger partial charge in [0, 0.05) is 10.3 Å². The summed E-state index contributed by atoms with van der Waals surface area (Å²) in [5, 5.41) is 9.15. The van der Waals surface area contributed by atoms with Crippen LogP contribution in [0.4, 0.5) is 8.78 Å². The van der Waals surface area contributed by atoms with Crippen LogP contribution in [0.3, 0.4) is 0 Å². The van der Waals surface area contributed by atoms with Crippen LogP contribution in [-0.2, 0) is 17.2 Å². The molecule has 0 heterocycles. The lowest BCUT2D eigenvalue weighted by atomic mass is 10.0. The summed E-state index contributed by atoms with van der Waals surface area (Å²) < 4.78 is 38.1. The minimum absolute atomic E-state index is 0.0325. The summed E-state index contributed by atoms with van der Waals surface area (Å²) in [6, 6.07) is 2.22.